The third kappa shape index (κ3) is 1.84. The summed E-state index contributed by atoms with van der Waals surface area (Å²) in [7, 11) is 0. The van der Waals surface area contributed by atoms with Crippen LogP contribution < -0.4 is 0 Å². The van der Waals surface area contributed by atoms with E-state index in [2.05, 4.69) is 11.8 Å². The van der Waals surface area contributed by atoms with Crippen LogP contribution in [-0.2, 0) is 9.53 Å². The van der Waals surface area contributed by atoms with Gasteiger partial charge in [0.2, 0.25) is 5.91 Å². The highest BCUT2D eigenvalue weighted by atomic mass is 16.5. The summed E-state index contributed by atoms with van der Waals surface area (Å²) in [4.78, 5) is 15.2. The Morgan fingerprint density at radius 3 is 2.32 bits per heavy atom. The van der Waals surface area contributed by atoms with E-state index < -0.39 is 0 Å². The molecule has 3 nitrogen and oxygen atoms in total. The molecule has 5 aliphatic rings. The number of rotatable bonds is 1. The van der Waals surface area contributed by atoms with E-state index in [1.165, 1.54) is 32.1 Å². The first-order valence-corrected chi connectivity index (χ1v) is 7.96. The van der Waals surface area contributed by atoms with Crippen LogP contribution in [0.3, 0.4) is 0 Å². The van der Waals surface area contributed by atoms with Crippen molar-refractivity contribution in [2.24, 2.45) is 22.7 Å². The van der Waals surface area contributed by atoms with E-state index in [1.807, 2.05) is 0 Å². The maximum absolute atomic E-state index is 13.1. The van der Waals surface area contributed by atoms with Crippen molar-refractivity contribution in [3.63, 3.8) is 0 Å². The predicted octanol–water partition coefficient (Wildman–Crippen LogP) is 2.45. The van der Waals surface area contributed by atoms with Crippen LogP contribution in [0.15, 0.2) is 0 Å². The lowest BCUT2D eigenvalue weighted by Crippen LogP contribution is -2.58. The molecule has 3 heteroatoms. The molecule has 4 saturated carbocycles. The van der Waals surface area contributed by atoms with Gasteiger partial charge in [-0.3, -0.25) is 4.79 Å². The van der Waals surface area contributed by atoms with E-state index in [0.29, 0.717) is 11.3 Å². The number of amides is 1. The van der Waals surface area contributed by atoms with Gasteiger partial charge in [0.25, 0.3) is 0 Å². The normalized spacial score (nSPS) is 48.6. The highest BCUT2D eigenvalue weighted by Crippen LogP contribution is 2.65. The number of morpholine rings is 1. The second kappa shape index (κ2) is 3.97. The first-order valence-electron chi connectivity index (χ1n) is 7.96. The number of nitrogens with zero attached hydrogens (tertiary/aromatic N) is 1. The lowest BCUT2D eigenvalue weighted by Gasteiger charge is -2.61. The molecule has 1 amide bonds. The molecule has 0 N–H and O–H groups in total. The molecule has 1 saturated heterocycles. The Morgan fingerprint density at radius 1 is 1.11 bits per heavy atom. The molecule has 4 bridgehead atoms. The van der Waals surface area contributed by atoms with Crippen molar-refractivity contribution >= 4 is 5.91 Å². The van der Waals surface area contributed by atoms with Gasteiger partial charge in [-0.25, -0.2) is 0 Å². The van der Waals surface area contributed by atoms with Crippen LogP contribution in [0, 0.1) is 22.7 Å². The van der Waals surface area contributed by atoms with E-state index in [4.69, 9.17) is 4.74 Å². The highest BCUT2D eigenvalue weighted by Gasteiger charge is 2.59. The predicted molar refractivity (Wildman–Crippen MR) is 72.6 cm³/mol. The summed E-state index contributed by atoms with van der Waals surface area (Å²) in [6, 6.07) is 0. The first kappa shape index (κ1) is 12.2. The molecular formula is C16H25NO2. The largest absolute Gasteiger partial charge is 0.378 e. The van der Waals surface area contributed by atoms with Crippen molar-refractivity contribution in [3.05, 3.63) is 0 Å². The van der Waals surface area contributed by atoms with Crippen molar-refractivity contribution < 1.29 is 9.53 Å². The van der Waals surface area contributed by atoms with Gasteiger partial charge < -0.3 is 9.64 Å². The van der Waals surface area contributed by atoms with Gasteiger partial charge in [0.1, 0.15) is 0 Å². The Balaban J connectivity index is 1.60. The summed E-state index contributed by atoms with van der Waals surface area (Å²) in [5.74, 6) is 2.13. The standard InChI is InChI=1S/C16H25NO2/c1-15-7-12-6-13(8-15)10-16(9-12,11-15)14(18)17-2-4-19-5-3-17/h12-13H,2-11H2,1H3. The average molecular weight is 263 g/mol. The van der Waals surface area contributed by atoms with Gasteiger partial charge in [0.05, 0.1) is 18.6 Å². The van der Waals surface area contributed by atoms with Crippen LogP contribution in [0.2, 0.25) is 0 Å². The molecule has 0 spiro atoms. The zero-order valence-electron chi connectivity index (χ0n) is 12.0. The summed E-state index contributed by atoms with van der Waals surface area (Å²) in [6.45, 7) is 5.52. The number of hydrogen-bond donors (Lipinski definition) is 0. The first-order chi connectivity index (χ1) is 9.09. The average Bonchev–Trinajstić information content (AvgIpc) is 2.36. The molecule has 0 radical (unpaired) electrons. The molecule has 106 valence electrons. The number of ether oxygens (including phenoxy) is 1. The van der Waals surface area contributed by atoms with Crippen LogP contribution >= 0.6 is 0 Å². The fourth-order valence-corrected chi connectivity index (χ4v) is 6.07. The smallest absolute Gasteiger partial charge is 0.228 e. The fourth-order valence-electron chi connectivity index (χ4n) is 6.07. The van der Waals surface area contributed by atoms with Gasteiger partial charge in [-0.15, -0.1) is 0 Å². The van der Waals surface area contributed by atoms with Crippen molar-refractivity contribution in [2.75, 3.05) is 26.3 Å². The maximum Gasteiger partial charge on any atom is 0.228 e. The Bertz CT molecular complexity index is 386. The van der Waals surface area contributed by atoms with E-state index in [0.717, 1.165) is 44.6 Å². The molecular weight excluding hydrogens is 238 g/mol. The number of hydrogen-bond acceptors (Lipinski definition) is 2. The quantitative estimate of drug-likeness (QED) is 0.727. The summed E-state index contributed by atoms with van der Waals surface area (Å²) in [6.07, 6.45) is 7.66. The molecule has 0 aromatic carbocycles. The lowest BCUT2D eigenvalue weighted by atomic mass is 9.44. The lowest BCUT2D eigenvalue weighted by molar-refractivity contribution is -0.169. The summed E-state index contributed by atoms with van der Waals surface area (Å²) < 4.78 is 5.39. The minimum Gasteiger partial charge on any atom is -0.378 e. The minimum atomic E-state index is 0.0101. The maximum atomic E-state index is 13.1. The minimum absolute atomic E-state index is 0.0101. The molecule has 1 heterocycles. The van der Waals surface area contributed by atoms with E-state index in [1.54, 1.807) is 0 Å². The van der Waals surface area contributed by atoms with E-state index in [9.17, 15) is 4.79 Å². The third-order valence-corrected chi connectivity index (χ3v) is 6.11. The van der Waals surface area contributed by atoms with Gasteiger partial charge in [0.15, 0.2) is 0 Å². The van der Waals surface area contributed by atoms with Gasteiger partial charge in [0, 0.05) is 13.1 Å². The van der Waals surface area contributed by atoms with Crippen LogP contribution in [0.5, 0.6) is 0 Å². The van der Waals surface area contributed by atoms with Gasteiger partial charge >= 0.3 is 0 Å². The second-order valence-corrected chi connectivity index (χ2v) is 7.96. The SMILES string of the molecule is CC12CC3CC(C1)CC(C(=O)N1CCOCC1)(C3)C2. The zero-order valence-corrected chi connectivity index (χ0v) is 12.0. The van der Waals surface area contributed by atoms with Crippen molar-refractivity contribution in [2.45, 2.75) is 45.4 Å². The van der Waals surface area contributed by atoms with Crippen LogP contribution in [0.1, 0.15) is 45.4 Å². The molecule has 2 atom stereocenters. The van der Waals surface area contributed by atoms with Gasteiger partial charge in [-0.2, -0.15) is 0 Å². The molecule has 19 heavy (non-hydrogen) atoms. The van der Waals surface area contributed by atoms with E-state index >= 15 is 0 Å². The Labute approximate surface area is 115 Å². The molecule has 0 aromatic heterocycles. The fraction of sp³-hybridized carbons (Fsp3) is 0.938. The number of carbonyl (C=O) groups is 1. The number of carbonyl (C=O) groups excluding carboxylic acids is 1. The summed E-state index contributed by atoms with van der Waals surface area (Å²) in [5.41, 5.74) is 0.474. The molecule has 2 unspecified atom stereocenters. The molecule has 4 aliphatic carbocycles. The molecule has 5 rings (SSSR count). The Hall–Kier alpha value is -0.570. The summed E-state index contributed by atoms with van der Waals surface area (Å²) >= 11 is 0. The van der Waals surface area contributed by atoms with Gasteiger partial charge in [-0.1, -0.05) is 6.92 Å². The topological polar surface area (TPSA) is 29.5 Å². The van der Waals surface area contributed by atoms with Crippen LogP contribution in [0.4, 0.5) is 0 Å². The second-order valence-electron chi connectivity index (χ2n) is 7.96. The van der Waals surface area contributed by atoms with Gasteiger partial charge in [-0.05, 0) is 55.8 Å². The third-order valence-electron chi connectivity index (χ3n) is 6.11. The molecule has 5 fully saturated rings. The Morgan fingerprint density at radius 2 is 1.74 bits per heavy atom. The summed E-state index contributed by atoms with van der Waals surface area (Å²) in [5, 5.41) is 0. The highest BCUT2D eigenvalue weighted by molar-refractivity contribution is 5.83. The van der Waals surface area contributed by atoms with Crippen LogP contribution in [-0.4, -0.2) is 37.1 Å². The van der Waals surface area contributed by atoms with Crippen LogP contribution in [0.25, 0.3) is 0 Å². The van der Waals surface area contributed by atoms with Crippen molar-refractivity contribution in [3.8, 4) is 0 Å². The zero-order chi connectivity index (χ0) is 13.1. The molecule has 1 aliphatic heterocycles. The van der Waals surface area contributed by atoms with Crippen molar-refractivity contribution in [1.29, 1.82) is 0 Å². The van der Waals surface area contributed by atoms with Crippen molar-refractivity contribution in [1.82, 2.24) is 4.90 Å². The monoisotopic (exact) mass is 263 g/mol. The Kier molecular flexibility index (Phi) is 2.55. The molecule has 0 aromatic rings. The van der Waals surface area contributed by atoms with E-state index in [-0.39, 0.29) is 5.41 Å².